The fourth-order valence-corrected chi connectivity index (χ4v) is 2.10. The number of aliphatic hydroxyl groups is 1. The van der Waals surface area contributed by atoms with Crippen LogP contribution in [0.5, 0.6) is 0 Å². The molecule has 2 rings (SSSR count). The van der Waals surface area contributed by atoms with Gasteiger partial charge in [0, 0.05) is 0 Å². The summed E-state index contributed by atoms with van der Waals surface area (Å²) in [5.74, 6) is -4.60. The maximum atomic E-state index is 12.4. The second-order valence-electron chi connectivity index (χ2n) is 5.55. The van der Waals surface area contributed by atoms with Crippen LogP contribution in [0.1, 0.15) is 22.8 Å². The molecule has 0 aromatic heterocycles. The predicted octanol–water partition coefficient (Wildman–Crippen LogP) is 2.95. The van der Waals surface area contributed by atoms with Crippen LogP contribution in [0.4, 0.5) is 5.69 Å². The lowest BCUT2D eigenvalue weighted by molar-refractivity contribution is -0.142. The van der Waals surface area contributed by atoms with Crippen molar-refractivity contribution in [1.82, 2.24) is 5.43 Å². The number of carboxylic acid groups (broad SMARTS) is 1. The molecule has 0 aliphatic rings. The lowest BCUT2D eigenvalue weighted by Crippen LogP contribution is -2.22. The number of nitrogens with one attached hydrogen (secondary N) is 1. The third kappa shape index (κ3) is 6.09. The van der Waals surface area contributed by atoms with Gasteiger partial charge in [0.25, 0.3) is 5.91 Å². The van der Waals surface area contributed by atoms with E-state index in [0.29, 0.717) is 5.56 Å². The highest BCUT2D eigenvalue weighted by molar-refractivity contribution is 6.01. The highest BCUT2D eigenvalue weighted by atomic mass is 16.5. The number of hydrogen-bond donors (Lipinski definition) is 3. The summed E-state index contributed by atoms with van der Waals surface area (Å²) < 4.78 is 4.66. The Morgan fingerprint density at radius 3 is 2.37 bits per heavy atom. The minimum Gasteiger partial charge on any atom is -0.500 e. The van der Waals surface area contributed by atoms with Crippen molar-refractivity contribution in [3.05, 3.63) is 77.2 Å². The van der Waals surface area contributed by atoms with E-state index in [2.05, 4.69) is 25.5 Å². The number of amides is 1. The van der Waals surface area contributed by atoms with Crippen LogP contribution >= 0.6 is 0 Å². The SMILES string of the molecule is CCOC(=O)/C(O)=C(/N=Nc1ccccc1C(=O)O)C(=O)N/N=C/c1ccccc1. The van der Waals surface area contributed by atoms with Crippen LogP contribution in [0.15, 0.2) is 81.4 Å². The molecule has 2 aromatic rings. The van der Waals surface area contributed by atoms with Crippen LogP contribution in [0.2, 0.25) is 0 Å². The summed E-state index contributed by atoms with van der Waals surface area (Å²) in [5.41, 5.74) is 1.75. The summed E-state index contributed by atoms with van der Waals surface area (Å²) in [7, 11) is 0. The van der Waals surface area contributed by atoms with Crippen molar-refractivity contribution < 1.29 is 29.3 Å². The number of hydrazone groups is 1. The molecular formula is C20H18N4O6. The van der Waals surface area contributed by atoms with Gasteiger partial charge in [-0.1, -0.05) is 42.5 Å². The minimum atomic E-state index is -1.26. The van der Waals surface area contributed by atoms with Crippen LogP contribution in [-0.4, -0.2) is 40.9 Å². The Kier molecular flexibility index (Phi) is 7.94. The van der Waals surface area contributed by atoms with E-state index < -0.39 is 29.3 Å². The van der Waals surface area contributed by atoms with Gasteiger partial charge in [-0.15, -0.1) is 10.2 Å². The molecule has 2 aromatic carbocycles. The molecule has 0 fully saturated rings. The first-order valence-electron chi connectivity index (χ1n) is 8.67. The summed E-state index contributed by atoms with van der Waals surface area (Å²) in [4.78, 5) is 35.5. The van der Waals surface area contributed by atoms with Crippen molar-refractivity contribution >= 4 is 29.7 Å². The maximum absolute atomic E-state index is 12.4. The molecule has 154 valence electrons. The van der Waals surface area contributed by atoms with E-state index >= 15 is 0 Å². The molecule has 0 aliphatic heterocycles. The average molecular weight is 410 g/mol. The zero-order valence-corrected chi connectivity index (χ0v) is 15.8. The topological polar surface area (TPSA) is 150 Å². The number of carbonyl (C=O) groups excluding carboxylic acids is 2. The van der Waals surface area contributed by atoms with Gasteiger partial charge in [0.05, 0.1) is 18.4 Å². The Labute approximate surface area is 171 Å². The summed E-state index contributed by atoms with van der Waals surface area (Å²) in [6.07, 6.45) is 1.34. The molecule has 0 saturated carbocycles. The Morgan fingerprint density at radius 2 is 1.70 bits per heavy atom. The first-order valence-corrected chi connectivity index (χ1v) is 8.67. The number of ether oxygens (including phenoxy) is 1. The normalized spacial score (nSPS) is 11.9. The van der Waals surface area contributed by atoms with Gasteiger partial charge in [-0.3, -0.25) is 4.79 Å². The van der Waals surface area contributed by atoms with Gasteiger partial charge in [-0.25, -0.2) is 15.0 Å². The van der Waals surface area contributed by atoms with Crippen LogP contribution in [-0.2, 0) is 14.3 Å². The molecule has 1 amide bonds. The number of aliphatic hydroxyl groups excluding tert-OH is 1. The number of aromatic carboxylic acids is 1. The van der Waals surface area contributed by atoms with E-state index in [-0.39, 0.29) is 17.9 Å². The summed E-state index contributed by atoms with van der Waals surface area (Å²) >= 11 is 0. The zero-order valence-electron chi connectivity index (χ0n) is 15.8. The smallest absolute Gasteiger partial charge is 0.376 e. The van der Waals surface area contributed by atoms with Crippen LogP contribution in [0.3, 0.4) is 0 Å². The minimum absolute atomic E-state index is 0.0526. The van der Waals surface area contributed by atoms with Crippen molar-refractivity contribution in [2.75, 3.05) is 6.61 Å². The largest absolute Gasteiger partial charge is 0.500 e. The Morgan fingerprint density at radius 1 is 1.03 bits per heavy atom. The molecule has 30 heavy (non-hydrogen) atoms. The first kappa shape index (κ1) is 22.0. The number of hydrogen-bond acceptors (Lipinski definition) is 8. The van der Waals surface area contributed by atoms with Crippen molar-refractivity contribution in [3.8, 4) is 0 Å². The molecule has 0 unspecified atom stereocenters. The van der Waals surface area contributed by atoms with Gasteiger partial charge in [-0.05, 0) is 24.6 Å². The number of nitrogens with zero attached hydrogens (tertiary/aromatic N) is 3. The Hall–Kier alpha value is -4.34. The van der Waals surface area contributed by atoms with Crippen molar-refractivity contribution in [2.45, 2.75) is 6.92 Å². The van der Waals surface area contributed by atoms with Gasteiger partial charge in [0.15, 0.2) is 0 Å². The van der Waals surface area contributed by atoms with E-state index in [1.807, 2.05) is 6.07 Å². The molecule has 10 heteroatoms. The number of esters is 1. The van der Waals surface area contributed by atoms with Gasteiger partial charge >= 0.3 is 11.9 Å². The van der Waals surface area contributed by atoms with E-state index in [0.717, 1.165) is 0 Å². The highest BCUT2D eigenvalue weighted by Gasteiger charge is 2.22. The van der Waals surface area contributed by atoms with Gasteiger partial charge in [-0.2, -0.15) is 5.10 Å². The second kappa shape index (κ2) is 10.9. The van der Waals surface area contributed by atoms with Crippen LogP contribution in [0, 0.1) is 0 Å². The highest BCUT2D eigenvalue weighted by Crippen LogP contribution is 2.20. The average Bonchev–Trinajstić information content (AvgIpc) is 2.74. The Balaban J connectivity index is 2.32. The molecule has 0 heterocycles. The molecule has 0 radical (unpaired) electrons. The van der Waals surface area contributed by atoms with E-state index in [9.17, 15) is 24.6 Å². The zero-order chi connectivity index (χ0) is 21.9. The molecule has 0 bridgehead atoms. The van der Waals surface area contributed by atoms with E-state index in [1.54, 1.807) is 24.3 Å². The maximum Gasteiger partial charge on any atom is 0.376 e. The van der Waals surface area contributed by atoms with Crippen molar-refractivity contribution in [1.29, 1.82) is 0 Å². The second-order valence-corrected chi connectivity index (χ2v) is 5.55. The van der Waals surface area contributed by atoms with E-state index in [4.69, 9.17) is 0 Å². The summed E-state index contributed by atoms with van der Waals surface area (Å²) in [6.45, 7) is 1.46. The van der Waals surface area contributed by atoms with Crippen molar-refractivity contribution in [3.63, 3.8) is 0 Å². The quantitative estimate of drug-likeness (QED) is 0.152. The number of benzene rings is 2. The van der Waals surface area contributed by atoms with Gasteiger partial charge < -0.3 is 14.9 Å². The molecule has 0 saturated heterocycles. The molecule has 0 aliphatic carbocycles. The van der Waals surface area contributed by atoms with Gasteiger partial charge in [0.2, 0.25) is 11.5 Å². The number of carbonyl (C=O) groups is 3. The number of azo groups is 1. The molecule has 10 nitrogen and oxygen atoms in total. The first-order chi connectivity index (χ1) is 14.4. The lowest BCUT2D eigenvalue weighted by Gasteiger charge is -2.05. The standard InChI is InChI=1S/C20H18N4O6/c1-2-30-20(29)17(25)16(18(26)24-21-12-13-8-4-3-5-9-13)23-22-15-11-7-6-10-14(15)19(27)28/h3-12,25H,2H2,1H3,(H,24,26)(H,27,28)/b17-16-,21-12+,23-22?. The summed E-state index contributed by atoms with van der Waals surface area (Å²) in [5, 5.41) is 30.3. The number of rotatable bonds is 8. The number of carboxylic acids is 1. The Bertz CT molecular complexity index is 1010. The van der Waals surface area contributed by atoms with Crippen molar-refractivity contribution in [2.24, 2.45) is 15.3 Å². The molecule has 3 N–H and O–H groups in total. The molecule has 0 spiro atoms. The molecule has 0 atom stereocenters. The molecular weight excluding hydrogens is 392 g/mol. The lowest BCUT2D eigenvalue weighted by atomic mass is 10.2. The fraction of sp³-hybridized carbons (Fsp3) is 0.100. The fourth-order valence-electron chi connectivity index (χ4n) is 2.10. The summed E-state index contributed by atoms with van der Waals surface area (Å²) in [6, 6.07) is 14.5. The van der Waals surface area contributed by atoms with Crippen LogP contribution in [0.25, 0.3) is 0 Å². The monoisotopic (exact) mass is 410 g/mol. The third-order valence-corrected chi connectivity index (χ3v) is 3.48. The van der Waals surface area contributed by atoms with Gasteiger partial charge in [0.1, 0.15) is 5.69 Å². The predicted molar refractivity (Wildman–Crippen MR) is 106 cm³/mol. The third-order valence-electron chi connectivity index (χ3n) is 3.48. The van der Waals surface area contributed by atoms with Crippen LogP contribution < -0.4 is 5.43 Å². The van der Waals surface area contributed by atoms with E-state index in [1.165, 1.54) is 37.4 Å².